The lowest BCUT2D eigenvalue weighted by Gasteiger charge is -2.06. The average molecular weight is 423 g/mol. The quantitative estimate of drug-likeness (QED) is 0.298. The molecule has 10 nitrogen and oxygen atoms in total. The summed E-state index contributed by atoms with van der Waals surface area (Å²) >= 11 is 0. The van der Waals surface area contributed by atoms with Crippen LogP contribution in [0.5, 0.6) is 0 Å². The van der Waals surface area contributed by atoms with Crippen molar-refractivity contribution in [2.45, 2.75) is 4.90 Å². The minimum absolute atomic E-state index is 0.0497. The van der Waals surface area contributed by atoms with Crippen molar-refractivity contribution in [3.63, 3.8) is 0 Å². The molecule has 0 saturated heterocycles. The van der Waals surface area contributed by atoms with Crippen molar-refractivity contribution in [1.82, 2.24) is 14.5 Å². The van der Waals surface area contributed by atoms with Gasteiger partial charge in [0.2, 0.25) is 5.82 Å². The SMILES string of the molecule is C=C[n+]1ccn(-c2nc3ccccc3nc2N=S(=O)(O)c2ccc([N+](=O)[O-])cc2)c1. The third kappa shape index (κ3) is 3.66. The number of para-hydroxylation sites is 2. The predicted octanol–water partition coefficient (Wildman–Crippen LogP) is 3.35. The largest absolute Gasteiger partial charge is 0.296 e. The second-order valence-corrected chi connectivity index (χ2v) is 7.80. The highest BCUT2D eigenvalue weighted by molar-refractivity contribution is 7.88. The number of aromatic nitrogens is 4. The molecule has 1 N–H and O–H groups in total. The predicted molar refractivity (Wildman–Crippen MR) is 110 cm³/mol. The summed E-state index contributed by atoms with van der Waals surface area (Å²) in [6.45, 7) is 3.69. The molecule has 2 heterocycles. The van der Waals surface area contributed by atoms with Gasteiger partial charge in [0, 0.05) is 12.1 Å². The number of non-ortho nitro benzene ring substituents is 1. The molecule has 0 aliphatic rings. The monoisotopic (exact) mass is 423 g/mol. The zero-order chi connectivity index (χ0) is 21.3. The van der Waals surface area contributed by atoms with E-state index in [-0.39, 0.29) is 22.2 Å². The van der Waals surface area contributed by atoms with E-state index >= 15 is 0 Å². The van der Waals surface area contributed by atoms with E-state index < -0.39 is 14.9 Å². The molecule has 150 valence electrons. The molecular weight excluding hydrogens is 408 g/mol. The minimum Gasteiger partial charge on any atom is -0.296 e. The molecular formula is C19H15N6O4S+. The topological polar surface area (TPSA) is 127 Å². The van der Waals surface area contributed by atoms with Gasteiger partial charge in [0.05, 0.1) is 27.1 Å². The van der Waals surface area contributed by atoms with E-state index in [0.717, 1.165) is 12.1 Å². The van der Waals surface area contributed by atoms with E-state index in [1.807, 2.05) is 6.07 Å². The number of hydrogen-bond acceptors (Lipinski definition) is 6. The van der Waals surface area contributed by atoms with Crippen molar-refractivity contribution < 1.29 is 18.3 Å². The Kier molecular flexibility index (Phi) is 4.82. The van der Waals surface area contributed by atoms with Gasteiger partial charge < -0.3 is 0 Å². The summed E-state index contributed by atoms with van der Waals surface area (Å²) in [5, 5.41) is 10.8. The van der Waals surface area contributed by atoms with Crippen LogP contribution >= 0.6 is 0 Å². The molecule has 0 radical (unpaired) electrons. The van der Waals surface area contributed by atoms with Crippen molar-refractivity contribution in [3.05, 3.63) is 83.9 Å². The van der Waals surface area contributed by atoms with Crippen LogP contribution in [0.25, 0.3) is 23.1 Å². The maximum Gasteiger partial charge on any atom is 0.272 e. The van der Waals surface area contributed by atoms with Crippen LogP contribution in [0.15, 0.2) is 83.1 Å². The number of nitro groups is 1. The van der Waals surface area contributed by atoms with Crippen molar-refractivity contribution in [1.29, 1.82) is 0 Å². The fraction of sp³-hybridized carbons (Fsp3) is 0. The fourth-order valence-corrected chi connectivity index (χ4v) is 3.69. The summed E-state index contributed by atoms with van der Waals surface area (Å²) in [5.41, 5.74) is 0.897. The van der Waals surface area contributed by atoms with Crippen molar-refractivity contribution in [3.8, 4) is 5.82 Å². The molecule has 11 heteroatoms. The minimum atomic E-state index is -3.94. The van der Waals surface area contributed by atoms with Crippen molar-refractivity contribution >= 4 is 38.7 Å². The van der Waals surface area contributed by atoms with E-state index in [9.17, 15) is 18.9 Å². The second-order valence-electron chi connectivity index (χ2n) is 6.15. The molecule has 0 aliphatic carbocycles. The maximum atomic E-state index is 12.9. The highest BCUT2D eigenvalue weighted by Crippen LogP contribution is 2.26. The van der Waals surface area contributed by atoms with Crippen LogP contribution in [0, 0.1) is 10.1 Å². The molecule has 0 saturated carbocycles. The lowest BCUT2D eigenvalue weighted by atomic mass is 10.3. The number of rotatable bonds is 5. The third-order valence-corrected chi connectivity index (χ3v) is 5.52. The summed E-state index contributed by atoms with van der Waals surface area (Å²) < 4.78 is 30.8. The molecule has 2 aromatic carbocycles. The first-order chi connectivity index (χ1) is 14.4. The summed E-state index contributed by atoms with van der Waals surface area (Å²) in [6.07, 6.45) is 6.65. The van der Waals surface area contributed by atoms with E-state index in [4.69, 9.17) is 0 Å². The smallest absolute Gasteiger partial charge is 0.272 e. The van der Waals surface area contributed by atoms with Crippen LogP contribution in [-0.4, -0.2) is 28.2 Å². The van der Waals surface area contributed by atoms with Crippen LogP contribution in [-0.2, 0) is 10.0 Å². The van der Waals surface area contributed by atoms with Crippen LogP contribution in [0.1, 0.15) is 0 Å². The molecule has 0 bridgehead atoms. The molecule has 30 heavy (non-hydrogen) atoms. The highest BCUT2D eigenvalue weighted by Gasteiger charge is 2.20. The van der Waals surface area contributed by atoms with Gasteiger partial charge in [0.1, 0.15) is 12.4 Å². The van der Waals surface area contributed by atoms with E-state index in [1.165, 1.54) is 12.1 Å². The number of nitro benzene ring substituents is 1. The molecule has 0 aliphatic heterocycles. The first-order valence-corrected chi connectivity index (χ1v) is 10.1. The van der Waals surface area contributed by atoms with E-state index in [2.05, 4.69) is 20.9 Å². The summed E-state index contributed by atoms with van der Waals surface area (Å²) in [6, 6.07) is 11.7. The van der Waals surface area contributed by atoms with Crippen molar-refractivity contribution in [2.24, 2.45) is 4.36 Å². The fourth-order valence-electron chi connectivity index (χ4n) is 2.73. The molecule has 0 fully saturated rings. The van der Waals surface area contributed by atoms with E-state index in [1.54, 1.807) is 52.3 Å². The zero-order valence-corrected chi connectivity index (χ0v) is 16.2. The first kappa shape index (κ1) is 19.4. The van der Waals surface area contributed by atoms with Gasteiger partial charge in [-0.05, 0) is 24.3 Å². The van der Waals surface area contributed by atoms with Gasteiger partial charge in [0.25, 0.3) is 17.8 Å². The molecule has 4 rings (SSSR count). The Balaban J connectivity index is 1.91. The summed E-state index contributed by atoms with van der Waals surface area (Å²) in [7, 11) is -3.94. The maximum absolute atomic E-state index is 12.9. The number of benzene rings is 2. The lowest BCUT2D eigenvalue weighted by molar-refractivity contribution is -0.566. The second kappa shape index (κ2) is 7.46. The first-order valence-electron chi connectivity index (χ1n) is 8.60. The van der Waals surface area contributed by atoms with Gasteiger partial charge in [-0.1, -0.05) is 18.7 Å². The van der Waals surface area contributed by atoms with Crippen LogP contribution < -0.4 is 4.57 Å². The van der Waals surface area contributed by atoms with Gasteiger partial charge in [-0.25, -0.2) is 18.7 Å². The van der Waals surface area contributed by atoms with Crippen molar-refractivity contribution in [2.75, 3.05) is 0 Å². The Hall–Kier alpha value is -3.96. The molecule has 1 unspecified atom stereocenters. The number of hydrogen-bond donors (Lipinski definition) is 1. The van der Waals surface area contributed by atoms with Gasteiger partial charge in [-0.3, -0.25) is 14.7 Å². The Bertz CT molecular complexity index is 1400. The van der Waals surface area contributed by atoms with Crippen LogP contribution in [0.2, 0.25) is 0 Å². The van der Waals surface area contributed by atoms with Gasteiger partial charge in [-0.2, -0.15) is 4.57 Å². The van der Waals surface area contributed by atoms with E-state index in [0.29, 0.717) is 11.0 Å². The number of fused-ring (bicyclic) bond motifs is 1. The standard InChI is InChI=1S/C19H14N6O4S/c1-2-23-11-12-24(13-23)19-18(20-16-5-3-4-6-17(16)21-19)22-30(28,29)15-9-7-14(8-10-15)25(26)27/h2-13H,1H2/p+1. The third-order valence-electron chi connectivity index (χ3n) is 4.21. The Morgan fingerprint density at radius 2 is 1.83 bits per heavy atom. The summed E-state index contributed by atoms with van der Waals surface area (Å²) in [4.78, 5) is 19.1. The van der Waals surface area contributed by atoms with Gasteiger partial charge in [-0.15, -0.1) is 4.36 Å². The highest BCUT2D eigenvalue weighted by atomic mass is 32.2. The Morgan fingerprint density at radius 1 is 1.17 bits per heavy atom. The number of nitrogens with zero attached hydrogens (tertiary/aromatic N) is 6. The number of imidazole rings is 1. The Labute approximate surface area is 170 Å². The van der Waals surface area contributed by atoms with Crippen LogP contribution in [0.3, 0.4) is 0 Å². The normalized spacial score (nSPS) is 13.0. The van der Waals surface area contributed by atoms with Crippen LogP contribution in [0.4, 0.5) is 11.5 Å². The van der Waals surface area contributed by atoms with Gasteiger partial charge in [0.15, 0.2) is 10.0 Å². The van der Waals surface area contributed by atoms with Gasteiger partial charge >= 0.3 is 0 Å². The molecule has 2 aromatic heterocycles. The average Bonchev–Trinajstić information content (AvgIpc) is 3.22. The lowest BCUT2D eigenvalue weighted by Crippen LogP contribution is -2.21. The molecule has 0 amide bonds. The Morgan fingerprint density at radius 3 is 2.43 bits per heavy atom. The zero-order valence-electron chi connectivity index (χ0n) is 15.4. The molecule has 1 atom stereocenters. The molecule has 4 aromatic rings. The summed E-state index contributed by atoms with van der Waals surface area (Å²) in [5.74, 6) is 0.198. The molecule has 0 spiro atoms.